The van der Waals surface area contributed by atoms with Gasteiger partial charge in [-0.25, -0.2) is 0 Å². The lowest BCUT2D eigenvalue weighted by atomic mass is 9.61. The molecule has 12 aromatic rings. The third kappa shape index (κ3) is 5.26. The fourth-order valence-corrected chi connectivity index (χ4v) is 12.8. The summed E-state index contributed by atoms with van der Waals surface area (Å²) < 4.78 is 11.7. The van der Waals surface area contributed by atoms with Gasteiger partial charge in [-0.2, -0.15) is 0 Å². The predicted molar refractivity (Wildman–Crippen MR) is 277 cm³/mol. The van der Waals surface area contributed by atoms with E-state index in [1.807, 2.05) is 7.11 Å². The monoisotopic (exact) mass is 858 g/mol. The Morgan fingerprint density at radius 2 is 1.04 bits per heavy atom. The zero-order valence-electron chi connectivity index (χ0n) is 37.4. The minimum atomic E-state index is -0.639. The van der Waals surface area contributed by atoms with Gasteiger partial charge in [-0.3, -0.25) is 0 Å². The molecule has 10 aromatic carbocycles. The van der Waals surface area contributed by atoms with Gasteiger partial charge in [-0.05, 0) is 109 Å². The van der Waals surface area contributed by atoms with Crippen LogP contribution in [0.2, 0.25) is 0 Å². The van der Waals surface area contributed by atoms with Gasteiger partial charge < -0.3 is 13.9 Å². The van der Waals surface area contributed by atoms with E-state index < -0.39 is 5.41 Å². The average Bonchev–Trinajstić information content (AvgIpc) is 3.89. The van der Waals surface area contributed by atoms with E-state index in [0.29, 0.717) is 0 Å². The van der Waals surface area contributed by atoms with E-state index in [1.54, 1.807) is 0 Å². The molecule has 0 N–H and O–H groups in total. The molecule has 2 aromatic heterocycles. The quantitative estimate of drug-likeness (QED) is 0.169. The third-order valence-electron chi connectivity index (χ3n) is 15.6. The number of benzene rings is 10. The van der Waals surface area contributed by atoms with Crippen molar-refractivity contribution in [3.8, 4) is 22.5 Å². The highest BCUT2D eigenvalue weighted by Gasteiger charge is 2.51. The summed E-state index contributed by atoms with van der Waals surface area (Å²) in [6.07, 6.45) is -0.192. The van der Waals surface area contributed by atoms with E-state index in [1.165, 1.54) is 116 Å². The molecule has 3 heteroatoms. The van der Waals surface area contributed by atoms with Gasteiger partial charge in [0.1, 0.15) is 0 Å². The summed E-state index contributed by atoms with van der Waals surface area (Å²) in [4.78, 5) is 0. The molecule has 14 rings (SSSR count). The van der Waals surface area contributed by atoms with Gasteiger partial charge in [0.05, 0.1) is 39.3 Å². The van der Waals surface area contributed by atoms with Crippen LogP contribution in [0.3, 0.4) is 0 Å². The second kappa shape index (κ2) is 14.5. The number of hydrogen-bond donors (Lipinski definition) is 0. The number of rotatable bonds is 5. The fourth-order valence-electron chi connectivity index (χ4n) is 12.8. The number of nitrogens with zero attached hydrogens (tertiary/aromatic N) is 2. The maximum Gasteiger partial charge on any atom is 0.0895 e. The van der Waals surface area contributed by atoms with Crippen LogP contribution in [0.5, 0.6) is 0 Å². The van der Waals surface area contributed by atoms with Gasteiger partial charge in [0.25, 0.3) is 0 Å². The van der Waals surface area contributed by atoms with E-state index in [2.05, 4.69) is 241 Å². The topological polar surface area (TPSA) is 19.1 Å². The Morgan fingerprint density at radius 3 is 1.88 bits per heavy atom. The largest absolute Gasteiger partial charge is 0.376 e. The van der Waals surface area contributed by atoms with Crippen molar-refractivity contribution in [2.75, 3.05) is 7.11 Å². The van der Waals surface area contributed by atoms with Gasteiger partial charge in [-0.1, -0.05) is 189 Å². The molecule has 0 saturated carbocycles. The predicted octanol–water partition coefficient (Wildman–Crippen LogP) is 16.0. The smallest absolute Gasteiger partial charge is 0.0895 e. The minimum absolute atomic E-state index is 0.00136. The van der Waals surface area contributed by atoms with Crippen molar-refractivity contribution >= 4 is 54.4 Å². The normalized spacial score (nSPS) is 17.8. The van der Waals surface area contributed by atoms with Crippen LogP contribution in [0.15, 0.2) is 224 Å². The second-order valence-electron chi connectivity index (χ2n) is 18.7. The van der Waals surface area contributed by atoms with E-state index in [-0.39, 0.29) is 17.9 Å². The Balaban J connectivity index is 1.06. The van der Waals surface area contributed by atoms with Crippen molar-refractivity contribution in [3.05, 3.63) is 263 Å². The van der Waals surface area contributed by atoms with Crippen molar-refractivity contribution in [2.45, 2.75) is 30.3 Å². The molecule has 0 radical (unpaired) electrons. The molecule has 318 valence electrons. The van der Waals surface area contributed by atoms with Crippen LogP contribution < -0.4 is 0 Å². The van der Waals surface area contributed by atoms with Crippen molar-refractivity contribution in [3.63, 3.8) is 0 Å². The maximum atomic E-state index is 6.73. The molecule has 0 fully saturated rings. The molecule has 3 nitrogen and oxygen atoms in total. The highest BCUT2D eigenvalue weighted by Crippen LogP contribution is 2.61. The van der Waals surface area contributed by atoms with Gasteiger partial charge in [0.15, 0.2) is 0 Å². The molecule has 1 spiro atoms. The molecule has 4 unspecified atom stereocenters. The molecule has 2 aliphatic rings. The molecule has 4 atom stereocenters. The average molecular weight is 859 g/mol. The van der Waals surface area contributed by atoms with E-state index in [4.69, 9.17) is 4.74 Å². The molecule has 0 saturated heterocycles. The van der Waals surface area contributed by atoms with Gasteiger partial charge in [-0.15, -0.1) is 0 Å². The highest BCUT2D eigenvalue weighted by molar-refractivity contribution is 6.13. The van der Waals surface area contributed by atoms with Crippen LogP contribution >= 0.6 is 0 Å². The van der Waals surface area contributed by atoms with Gasteiger partial charge >= 0.3 is 0 Å². The SMILES string of the molecule is COC(c1ccccc1)C1c2ccccc2C2(c3ccc(-c4ccc5c(c4)c4ccccc4n5-c4ccc5ccccc5c4)cc3C1C)c1ccccc1-n1c3ccccc3c3cccc2c31. The first-order valence-corrected chi connectivity index (χ1v) is 23.6. The zero-order valence-corrected chi connectivity index (χ0v) is 37.4. The number of para-hydroxylation sites is 4. The zero-order chi connectivity index (χ0) is 44.4. The van der Waals surface area contributed by atoms with Crippen molar-refractivity contribution in [1.82, 2.24) is 9.13 Å². The molecule has 0 amide bonds. The van der Waals surface area contributed by atoms with Crippen LogP contribution in [-0.4, -0.2) is 16.2 Å². The first kappa shape index (κ1) is 38.3. The van der Waals surface area contributed by atoms with E-state index in [0.717, 1.165) is 0 Å². The fraction of sp³-hybridized carbons (Fsp3) is 0.0938. The first-order chi connectivity index (χ1) is 33.1. The van der Waals surface area contributed by atoms with Crippen LogP contribution in [0.1, 0.15) is 63.8 Å². The van der Waals surface area contributed by atoms with Gasteiger partial charge in [0.2, 0.25) is 0 Å². The lowest BCUT2D eigenvalue weighted by Gasteiger charge is -2.43. The summed E-state index contributed by atoms with van der Waals surface area (Å²) in [5.74, 6) is 0.0665. The molecular weight excluding hydrogens is 813 g/mol. The standard InChI is InChI=1S/C64H46N2O/c1-40-51-38-44(45-33-36-59-52(39-45)48-22-10-13-28-57(48)65(59)46-34-31-41-17-6-7-20-43(41)37-46)32-35-54(51)64(53-25-11-8-23-50(53)61(40)63(67-2)42-18-4-3-5-19-42)55-26-12-15-30-60(55)66-58-29-14-9-21-47(58)49-24-16-27-56(64)62(49)66/h3-40,61,63H,1-2H3. The Labute approximate surface area is 389 Å². The summed E-state index contributed by atoms with van der Waals surface area (Å²) in [6.45, 7) is 2.45. The molecule has 1 aliphatic carbocycles. The molecular formula is C64H46N2O. The molecule has 3 heterocycles. The third-order valence-corrected chi connectivity index (χ3v) is 15.6. The van der Waals surface area contributed by atoms with Crippen molar-refractivity contribution in [2.24, 2.45) is 0 Å². The Hall–Kier alpha value is -7.98. The Morgan fingerprint density at radius 1 is 0.433 bits per heavy atom. The highest BCUT2D eigenvalue weighted by atomic mass is 16.5. The van der Waals surface area contributed by atoms with E-state index >= 15 is 0 Å². The van der Waals surface area contributed by atoms with Crippen molar-refractivity contribution in [1.29, 1.82) is 0 Å². The minimum Gasteiger partial charge on any atom is -0.376 e. The van der Waals surface area contributed by atoms with Crippen LogP contribution in [0, 0.1) is 0 Å². The Kier molecular flexibility index (Phi) is 8.30. The summed E-state index contributed by atoms with van der Waals surface area (Å²) in [6, 6.07) is 84.1. The summed E-state index contributed by atoms with van der Waals surface area (Å²) in [7, 11) is 1.89. The number of methoxy groups -OCH3 is 1. The first-order valence-electron chi connectivity index (χ1n) is 23.6. The molecule has 1 aliphatic heterocycles. The number of hydrogen-bond acceptors (Lipinski definition) is 1. The van der Waals surface area contributed by atoms with Crippen LogP contribution in [0.25, 0.3) is 76.9 Å². The lowest BCUT2D eigenvalue weighted by Crippen LogP contribution is -2.36. The summed E-state index contributed by atoms with van der Waals surface area (Å²) in [5, 5.41) is 7.53. The summed E-state index contributed by atoms with van der Waals surface area (Å²) in [5.41, 5.74) is 18.2. The molecule has 67 heavy (non-hydrogen) atoms. The van der Waals surface area contributed by atoms with Crippen LogP contribution in [0.4, 0.5) is 0 Å². The maximum absolute atomic E-state index is 6.73. The lowest BCUT2D eigenvalue weighted by molar-refractivity contribution is 0.0713. The van der Waals surface area contributed by atoms with Gasteiger partial charge in [0, 0.05) is 40.3 Å². The van der Waals surface area contributed by atoms with Crippen molar-refractivity contribution < 1.29 is 4.74 Å². The number of aromatic nitrogens is 2. The number of ether oxygens (including phenoxy) is 1. The number of fused-ring (bicyclic) bond motifs is 15. The molecule has 0 bridgehead atoms. The second-order valence-corrected chi connectivity index (χ2v) is 18.7. The van der Waals surface area contributed by atoms with Crippen LogP contribution in [-0.2, 0) is 10.2 Å². The van der Waals surface area contributed by atoms with E-state index in [9.17, 15) is 0 Å². The summed E-state index contributed by atoms with van der Waals surface area (Å²) >= 11 is 0. The Bertz CT molecular complexity index is 3970.